The Labute approximate surface area is 117 Å². The summed E-state index contributed by atoms with van der Waals surface area (Å²) in [5.74, 6) is -3.08. The predicted octanol–water partition coefficient (Wildman–Crippen LogP) is -2.12. The summed E-state index contributed by atoms with van der Waals surface area (Å²) >= 11 is 0. The molecule has 6 N–H and O–H groups in total. The number of rotatable bonds is 6. The van der Waals surface area contributed by atoms with Crippen LogP contribution in [0.5, 0.6) is 0 Å². The molecule has 0 aromatic carbocycles. The summed E-state index contributed by atoms with van der Waals surface area (Å²) in [4.78, 5) is 11.1. The molecule has 0 bridgehead atoms. The highest BCUT2D eigenvalue weighted by Crippen LogP contribution is 2.23. The van der Waals surface area contributed by atoms with Crippen molar-refractivity contribution in [1.82, 2.24) is 5.32 Å². The molecule has 1 aliphatic rings. The van der Waals surface area contributed by atoms with Crippen molar-refractivity contribution >= 4 is 5.97 Å². The number of aliphatic hydroxyl groups excluding tert-OH is 3. The Morgan fingerprint density at radius 1 is 1.40 bits per heavy atom. The standard InChI is InChI=1S/C12H23NO7/c1-6(2)3-7(11(17)18)13-5-12(19)10(16)9(15)8(14)4-20-12/h6-10,13-16,19H,3-5H2,1-2H3,(H,17,18). The zero-order chi connectivity index (χ0) is 15.5. The van der Waals surface area contributed by atoms with Crippen LogP contribution in [-0.4, -0.2) is 74.8 Å². The van der Waals surface area contributed by atoms with Crippen LogP contribution in [0.15, 0.2) is 0 Å². The molecule has 0 aromatic heterocycles. The van der Waals surface area contributed by atoms with Gasteiger partial charge in [-0.2, -0.15) is 0 Å². The summed E-state index contributed by atoms with van der Waals surface area (Å²) < 4.78 is 4.94. The highest BCUT2D eigenvalue weighted by Gasteiger charge is 2.48. The van der Waals surface area contributed by atoms with Crippen LogP contribution in [-0.2, 0) is 9.53 Å². The van der Waals surface area contributed by atoms with E-state index in [1.165, 1.54) is 0 Å². The molecule has 1 saturated heterocycles. The maximum atomic E-state index is 11.1. The van der Waals surface area contributed by atoms with Crippen molar-refractivity contribution in [3.63, 3.8) is 0 Å². The average molecular weight is 293 g/mol. The second kappa shape index (κ2) is 6.79. The Morgan fingerprint density at radius 2 is 2.00 bits per heavy atom. The van der Waals surface area contributed by atoms with Gasteiger partial charge < -0.3 is 30.3 Å². The van der Waals surface area contributed by atoms with Crippen LogP contribution in [0.3, 0.4) is 0 Å². The average Bonchev–Trinajstić information content (AvgIpc) is 2.36. The van der Waals surface area contributed by atoms with Gasteiger partial charge in [-0.1, -0.05) is 13.8 Å². The normalized spacial score (nSPS) is 36.0. The number of hydrogen-bond acceptors (Lipinski definition) is 7. The lowest BCUT2D eigenvalue weighted by Crippen LogP contribution is -2.65. The number of ether oxygens (including phenoxy) is 1. The van der Waals surface area contributed by atoms with Crippen molar-refractivity contribution in [2.75, 3.05) is 13.2 Å². The van der Waals surface area contributed by atoms with Crippen molar-refractivity contribution in [1.29, 1.82) is 0 Å². The fourth-order valence-corrected chi connectivity index (χ4v) is 2.06. The summed E-state index contributed by atoms with van der Waals surface area (Å²) in [6.07, 6.45) is -4.24. The van der Waals surface area contributed by atoms with E-state index in [1.807, 2.05) is 13.8 Å². The zero-order valence-corrected chi connectivity index (χ0v) is 11.6. The second-order valence-corrected chi connectivity index (χ2v) is 5.56. The lowest BCUT2D eigenvalue weighted by Gasteiger charge is -2.42. The van der Waals surface area contributed by atoms with E-state index in [-0.39, 0.29) is 19.1 Å². The number of aliphatic hydroxyl groups is 4. The molecule has 8 nitrogen and oxygen atoms in total. The lowest BCUT2D eigenvalue weighted by atomic mass is 9.96. The molecule has 20 heavy (non-hydrogen) atoms. The molecule has 0 amide bonds. The molecule has 8 heteroatoms. The maximum absolute atomic E-state index is 11.1. The van der Waals surface area contributed by atoms with Gasteiger partial charge in [0.1, 0.15) is 24.4 Å². The van der Waals surface area contributed by atoms with Gasteiger partial charge >= 0.3 is 5.97 Å². The third kappa shape index (κ3) is 4.11. The van der Waals surface area contributed by atoms with Gasteiger partial charge in [0.15, 0.2) is 0 Å². The van der Waals surface area contributed by atoms with Gasteiger partial charge in [0.25, 0.3) is 0 Å². The molecule has 0 radical (unpaired) electrons. The van der Waals surface area contributed by atoms with Crippen molar-refractivity contribution < 1.29 is 35.1 Å². The van der Waals surface area contributed by atoms with E-state index in [0.717, 1.165) is 0 Å². The fourth-order valence-electron chi connectivity index (χ4n) is 2.06. The highest BCUT2D eigenvalue weighted by molar-refractivity contribution is 5.73. The molecule has 1 heterocycles. The Bertz CT molecular complexity index is 338. The third-order valence-corrected chi connectivity index (χ3v) is 3.29. The minimum atomic E-state index is -2.14. The summed E-state index contributed by atoms with van der Waals surface area (Å²) in [5.41, 5.74) is 0. The molecule has 1 rings (SSSR count). The second-order valence-electron chi connectivity index (χ2n) is 5.56. The van der Waals surface area contributed by atoms with E-state index < -0.39 is 36.1 Å². The molecular weight excluding hydrogens is 270 g/mol. The summed E-state index contributed by atoms with van der Waals surface area (Å²) in [6.45, 7) is 3.00. The number of carbonyl (C=O) groups is 1. The van der Waals surface area contributed by atoms with Crippen molar-refractivity contribution in [3.05, 3.63) is 0 Å². The number of nitrogens with one attached hydrogen (secondary N) is 1. The Kier molecular flexibility index (Phi) is 5.87. The van der Waals surface area contributed by atoms with Crippen molar-refractivity contribution in [2.24, 2.45) is 5.92 Å². The van der Waals surface area contributed by atoms with E-state index in [1.54, 1.807) is 0 Å². The van der Waals surface area contributed by atoms with Crippen LogP contribution in [0.4, 0.5) is 0 Å². The number of carboxylic acids is 1. The first-order valence-corrected chi connectivity index (χ1v) is 6.54. The van der Waals surface area contributed by atoms with E-state index in [2.05, 4.69) is 5.32 Å². The monoisotopic (exact) mass is 293 g/mol. The van der Waals surface area contributed by atoms with Crippen LogP contribution in [0.2, 0.25) is 0 Å². The summed E-state index contributed by atoms with van der Waals surface area (Å²) in [6, 6.07) is -0.904. The predicted molar refractivity (Wildman–Crippen MR) is 67.8 cm³/mol. The molecule has 5 atom stereocenters. The molecule has 1 fully saturated rings. The fraction of sp³-hybridized carbons (Fsp3) is 0.917. The largest absolute Gasteiger partial charge is 0.480 e. The van der Waals surface area contributed by atoms with E-state index in [0.29, 0.717) is 6.42 Å². The lowest BCUT2D eigenvalue weighted by molar-refractivity contribution is -0.318. The first kappa shape index (κ1) is 17.3. The van der Waals surface area contributed by atoms with E-state index in [9.17, 15) is 25.2 Å². The van der Waals surface area contributed by atoms with Crippen LogP contribution < -0.4 is 5.32 Å². The zero-order valence-electron chi connectivity index (χ0n) is 11.6. The molecule has 0 aliphatic carbocycles. The first-order chi connectivity index (χ1) is 9.17. The first-order valence-electron chi connectivity index (χ1n) is 6.54. The van der Waals surface area contributed by atoms with Crippen molar-refractivity contribution in [3.8, 4) is 0 Å². The summed E-state index contributed by atoms with van der Waals surface area (Å²) in [5, 5.41) is 50.3. The summed E-state index contributed by atoms with van der Waals surface area (Å²) in [7, 11) is 0. The van der Waals surface area contributed by atoms with Crippen LogP contribution in [0.1, 0.15) is 20.3 Å². The smallest absolute Gasteiger partial charge is 0.320 e. The van der Waals surface area contributed by atoms with Crippen LogP contribution >= 0.6 is 0 Å². The Morgan fingerprint density at radius 3 is 2.50 bits per heavy atom. The van der Waals surface area contributed by atoms with Gasteiger partial charge in [-0.15, -0.1) is 0 Å². The Balaban J connectivity index is 2.64. The number of aliphatic carboxylic acids is 1. The molecule has 118 valence electrons. The quantitative estimate of drug-likeness (QED) is 0.326. The van der Waals surface area contributed by atoms with Gasteiger partial charge in [-0.3, -0.25) is 10.1 Å². The van der Waals surface area contributed by atoms with E-state index >= 15 is 0 Å². The van der Waals surface area contributed by atoms with Gasteiger partial charge in [0.05, 0.1) is 13.2 Å². The number of carboxylic acid groups (broad SMARTS) is 1. The molecule has 0 aromatic rings. The minimum Gasteiger partial charge on any atom is -0.480 e. The van der Waals surface area contributed by atoms with Crippen LogP contribution in [0.25, 0.3) is 0 Å². The molecule has 0 saturated carbocycles. The Hall–Kier alpha value is -0.770. The topological polar surface area (TPSA) is 139 Å². The van der Waals surface area contributed by atoms with Gasteiger partial charge in [0.2, 0.25) is 5.79 Å². The minimum absolute atomic E-state index is 0.128. The van der Waals surface area contributed by atoms with Gasteiger partial charge in [0, 0.05) is 0 Å². The van der Waals surface area contributed by atoms with Gasteiger partial charge in [-0.25, -0.2) is 0 Å². The molecule has 5 unspecified atom stereocenters. The molecule has 0 spiro atoms. The maximum Gasteiger partial charge on any atom is 0.320 e. The SMILES string of the molecule is CC(C)CC(NCC1(O)OCC(O)C(O)C1O)C(=O)O. The number of hydrogen-bond donors (Lipinski definition) is 6. The van der Waals surface area contributed by atoms with Crippen molar-refractivity contribution in [2.45, 2.75) is 50.4 Å². The molecule has 1 aliphatic heterocycles. The van der Waals surface area contributed by atoms with Gasteiger partial charge in [-0.05, 0) is 12.3 Å². The molecular formula is C12H23NO7. The third-order valence-electron chi connectivity index (χ3n) is 3.29. The van der Waals surface area contributed by atoms with E-state index in [4.69, 9.17) is 9.84 Å². The highest BCUT2D eigenvalue weighted by atomic mass is 16.6. The van der Waals surface area contributed by atoms with Crippen LogP contribution in [0, 0.1) is 5.92 Å².